The highest BCUT2D eigenvalue weighted by Gasteiger charge is 2.46. The van der Waals surface area contributed by atoms with Crippen molar-refractivity contribution < 1.29 is 19.4 Å². The molecule has 1 fully saturated rings. The number of carbonyl (C=O) groups excluding carboxylic acids is 2. The molecule has 1 aliphatic heterocycles. The van der Waals surface area contributed by atoms with E-state index < -0.39 is 17.7 Å². The van der Waals surface area contributed by atoms with E-state index in [0.717, 1.165) is 16.7 Å². The van der Waals surface area contributed by atoms with Crippen LogP contribution in [-0.2, 0) is 16.1 Å². The summed E-state index contributed by atoms with van der Waals surface area (Å²) in [4.78, 5) is 31.8. The Balaban J connectivity index is 1.90. The van der Waals surface area contributed by atoms with Crippen molar-refractivity contribution in [3.63, 3.8) is 0 Å². The van der Waals surface area contributed by atoms with Crippen molar-refractivity contribution in [2.45, 2.75) is 19.5 Å². The van der Waals surface area contributed by atoms with Crippen LogP contribution in [0.15, 0.2) is 72.6 Å². The Morgan fingerprint density at radius 1 is 1.16 bits per heavy atom. The largest absolute Gasteiger partial charge is 0.507 e. The predicted octanol–water partition coefficient (Wildman–Crippen LogP) is 4.67. The average Bonchev–Trinajstić information content (AvgIpc) is 3.05. The van der Waals surface area contributed by atoms with Gasteiger partial charge in [-0.1, -0.05) is 41.9 Å². The van der Waals surface area contributed by atoms with Crippen molar-refractivity contribution in [3.8, 4) is 5.75 Å². The van der Waals surface area contributed by atoms with Gasteiger partial charge >= 0.3 is 0 Å². The molecule has 0 radical (unpaired) electrons. The minimum Gasteiger partial charge on any atom is -0.507 e. The molecule has 4 rings (SSSR count). The van der Waals surface area contributed by atoms with Crippen molar-refractivity contribution in [2.24, 2.45) is 0 Å². The smallest absolute Gasteiger partial charge is 0.295 e. The number of pyridine rings is 1. The Labute approximate surface area is 190 Å². The molecule has 3 aromatic rings. The maximum absolute atomic E-state index is 13.2. The summed E-state index contributed by atoms with van der Waals surface area (Å²) in [6.07, 6.45) is 3.29. The number of rotatable bonds is 5. The monoisotopic (exact) mass is 448 g/mol. The number of carbonyl (C=O) groups is 2. The molecule has 1 aliphatic rings. The van der Waals surface area contributed by atoms with Gasteiger partial charge in [0.15, 0.2) is 0 Å². The van der Waals surface area contributed by atoms with Crippen LogP contribution in [0.1, 0.15) is 28.3 Å². The summed E-state index contributed by atoms with van der Waals surface area (Å²) < 4.78 is 5.24. The maximum Gasteiger partial charge on any atom is 0.295 e. The Morgan fingerprint density at radius 3 is 2.62 bits per heavy atom. The van der Waals surface area contributed by atoms with E-state index in [0.29, 0.717) is 16.3 Å². The number of ether oxygens (including phenoxy) is 1. The Morgan fingerprint density at radius 2 is 1.94 bits per heavy atom. The Hall–Kier alpha value is -3.64. The maximum atomic E-state index is 13.2. The number of likely N-dealkylation sites (tertiary alicyclic amines) is 1. The summed E-state index contributed by atoms with van der Waals surface area (Å²) in [5.74, 6) is -1.34. The van der Waals surface area contributed by atoms with Gasteiger partial charge in [-0.05, 0) is 47.9 Å². The van der Waals surface area contributed by atoms with E-state index in [1.54, 1.807) is 36.7 Å². The summed E-state index contributed by atoms with van der Waals surface area (Å²) >= 11 is 6.11. The highest BCUT2D eigenvalue weighted by Crippen LogP contribution is 2.42. The van der Waals surface area contributed by atoms with Crippen LogP contribution in [0, 0.1) is 6.92 Å². The summed E-state index contributed by atoms with van der Waals surface area (Å²) in [6.45, 7) is 2.09. The van der Waals surface area contributed by atoms with Gasteiger partial charge in [-0.25, -0.2) is 0 Å². The van der Waals surface area contributed by atoms with E-state index >= 15 is 0 Å². The Kier molecular flexibility index (Phi) is 5.97. The third kappa shape index (κ3) is 3.85. The van der Waals surface area contributed by atoms with Gasteiger partial charge in [0, 0.05) is 24.5 Å². The number of aromatic nitrogens is 1. The molecule has 1 aromatic heterocycles. The lowest BCUT2D eigenvalue weighted by atomic mass is 9.92. The zero-order valence-corrected chi connectivity index (χ0v) is 18.3. The first-order valence-corrected chi connectivity index (χ1v) is 10.4. The molecule has 162 valence electrons. The minimum absolute atomic E-state index is 0.0255. The van der Waals surface area contributed by atoms with E-state index in [4.69, 9.17) is 16.3 Å². The van der Waals surface area contributed by atoms with Crippen molar-refractivity contribution >= 4 is 29.1 Å². The van der Waals surface area contributed by atoms with E-state index in [-0.39, 0.29) is 17.9 Å². The number of hydrogen-bond acceptors (Lipinski definition) is 5. The molecule has 0 saturated carbocycles. The second-order valence-electron chi connectivity index (χ2n) is 7.49. The summed E-state index contributed by atoms with van der Waals surface area (Å²) in [7, 11) is 1.46. The molecule has 7 heteroatoms. The number of ketones is 1. The van der Waals surface area contributed by atoms with Crippen molar-refractivity contribution in [2.75, 3.05) is 7.11 Å². The molecule has 1 unspecified atom stereocenters. The number of Topliss-reactive ketones (excluding diaryl/α,β-unsaturated/α-hetero) is 1. The lowest BCUT2D eigenvalue weighted by Gasteiger charge is -2.26. The highest BCUT2D eigenvalue weighted by molar-refractivity contribution is 6.46. The van der Waals surface area contributed by atoms with Crippen LogP contribution in [0.5, 0.6) is 5.75 Å². The molecule has 0 aliphatic carbocycles. The lowest BCUT2D eigenvalue weighted by Crippen LogP contribution is -2.29. The first-order valence-electron chi connectivity index (χ1n) is 9.99. The molecule has 1 atom stereocenters. The second kappa shape index (κ2) is 8.85. The van der Waals surface area contributed by atoms with Crippen LogP contribution in [0.2, 0.25) is 5.02 Å². The Bertz CT molecular complexity index is 1220. The van der Waals surface area contributed by atoms with Gasteiger partial charge in [-0.15, -0.1) is 0 Å². The number of aliphatic hydroxyl groups is 1. The van der Waals surface area contributed by atoms with Crippen LogP contribution in [0.3, 0.4) is 0 Å². The van der Waals surface area contributed by atoms with Gasteiger partial charge < -0.3 is 14.7 Å². The third-order valence-corrected chi connectivity index (χ3v) is 5.84. The minimum atomic E-state index is -0.752. The molecule has 0 bridgehead atoms. The number of halogens is 1. The van der Waals surface area contributed by atoms with Gasteiger partial charge in [0.1, 0.15) is 11.5 Å². The second-order valence-corrected chi connectivity index (χ2v) is 7.90. The standard InChI is InChI=1S/C25H21ClN2O4/c1-15-6-3-4-8-18(15)22-21(23(29)17-9-10-19(26)20(12-17)32-2)24(30)25(31)28(22)14-16-7-5-11-27-13-16/h3-13,22,29H,14H2,1-2H3/b23-21+. The summed E-state index contributed by atoms with van der Waals surface area (Å²) in [5.41, 5.74) is 2.80. The normalized spacial score (nSPS) is 17.6. The van der Waals surface area contributed by atoms with E-state index in [9.17, 15) is 14.7 Å². The molecular weight excluding hydrogens is 428 g/mol. The molecule has 1 saturated heterocycles. The summed E-state index contributed by atoms with van der Waals surface area (Å²) in [5, 5.41) is 11.6. The first-order chi connectivity index (χ1) is 15.4. The fourth-order valence-corrected chi connectivity index (χ4v) is 4.11. The van der Waals surface area contributed by atoms with Gasteiger partial charge in [0.05, 0.1) is 23.7 Å². The van der Waals surface area contributed by atoms with Crippen molar-refractivity contribution in [1.29, 1.82) is 0 Å². The molecular formula is C25H21ClN2O4. The quantitative estimate of drug-likeness (QED) is 0.348. The van der Waals surface area contributed by atoms with Gasteiger partial charge in [-0.2, -0.15) is 0 Å². The van der Waals surface area contributed by atoms with E-state index in [2.05, 4.69) is 4.98 Å². The predicted molar refractivity (Wildman–Crippen MR) is 121 cm³/mol. The molecule has 1 amide bonds. The van der Waals surface area contributed by atoms with Crippen LogP contribution in [0.25, 0.3) is 5.76 Å². The van der Waals surface area contributed by atoms with Gasteiger partial charge in [0.25, 0.3) is 11.7 Å². The fourth-order valence-electron chi connectivity index (χ4n) is 3.91. The number of aryl methyl sites for hydroxylation is 1. The number of methoxy groups -OCH3 is 1. The first kappa shape index (κ1) is 21.6. The molecule has 2 heterocycles. The number of nitrogens with zero attached hydrogens (tertiary/aromatic N) is 2. The molecule has 0 spiro atoms. The number of hydrogen-bond donors (Lipinski definition) is 1. The van der Waals surface area contributed by atoms with Crippen molar-refractivity contribution in [1.82, 2.24) is 9.88 Å². The van der Waals surface area contributed by atoms with Gasteiger partial charge in [-0.3, -0.25) is 14.6 Å². The number of benzene rings is 2. The zero-order chi connectivity index (χ0) is 22.8. The van der Waals surface area contributed by atoms with Crippen LogP contribution >= 0.6 is 11.6 Å². The van der Waals surface area contributed by atoms with E-state index in [1.165, 1.54) is 12.0 Å². The average molecular weight is 449 g/mol. The van der Waals surface area contributed by atoms with Crippen LogP contribution in [0.4, 0.5) is 0 Å². The lowest BCUT2D eigenvalue weighted by molar-refractivity contribution is -0.140. The van der Waals surface area contributed by atoms with Crippen molar-refractivity contribution in [3.05, 3.63) is 99.8 Å². The molecule has 2 aromatic carbocycles. The molecule has 32 heavy (non-hydrogen) atoms. The van der Waals surface area contributed by atoms with Gasteiger partial charge in [0.2, 0.25) is 0 Å². The summed E-state index contributed by atoms with van der Waals surface area (Å²) in [6, 6.07) is 15.1. The fraction of sp³-hybridized carbons (Fsp3) is 0.160. The van der Waals surface area contributed by atoms with Crippen LogP contribution in [-0.4, -0.2) is 33.8 Å². The molecule has 1 N–H and O–H groups in total. The SMILES string of the molecule is COc1cc(/C(O)=C2\C(=O)C(=O)N(Cc3cccnc3)C2c2ccccc2C)ccc1Cl. The number of aliphatic hydroxyl groups excluding tert-OH is 1. The highest BCUT2D eigenvalue weighted by atomic mass is 35.5. The zero-order valence-electron chi connectivity index (χ0n) is 17.6. The topological polar surface area (TPSA) is 79.7 Å². The third-order valence-electron chi connectivity index (χ3n) is 5.52. The molecule has 6 nitrogen and oxygen atoms in total. The number of amides is 1. The van der Waals surface area contributed by atoms with Crippen LogP contribution < -0.4 is 4.74 Å². The van der Waals surface area contributed by atoms with E-state index in [1.807, 2.05) is 37.3 Å².